The van der Waals surface area contributed by atoms with Crippen molar-refractivity contribution < 1.29 is 23.9 Å². The molecule has 1 atom stereocenters. The molecule has 4 amide bonds. The topological polar surface area (TPSA) is 97.0 Å². The number of hydrogen-bond acceptors (Lipinski definition) is 5. The zero-order valence-electron chi connectivity index (χ0n) is 14.6. The third kappa shape index (κ3) is 4.85. The summed E-state index contributed by atoms with van der Waals surface area (Å²) >= 11 is 0. The predicted octanol–water partition coefficient (Wildman–Crippen LogP) is 0.693. The minimum Gasteiger partial charge on any atom is -0.493 e. The maximum absolute atomic E-state index is 12.2. The molecule has 1 aromatic carbocycles. The molecule has 0 saturated carbocycles. The lowest BCUT2D eigenvalue weighted by Gasteiger charge is -2.18. The predicted molar refractivity (Wildman–Crippen MR) is 90.6 cm³/mol. The molecule has 2 rings (SSSR count). The molecule has 8 heteroatoms. The summed E-state index contributed by atoms with van der Waals surface area (Å²) in [5.41, 5.74) is 1.03. The summed E-state index contributed by atoms with van der Waals surface area (Å²) in [5, 5.41) is 4.63. The summed E-state index contributed by atoms with van der Waals surface area (Å²) in [4.78, 5) is 36.3. The Morgan fingerprint density at radius 2 is 1.92 bits per heavy atom. The van der Waals surface area contributed by atoms with Gasteiger partial charge in [0.15, 0.2) is 11.5 Å². The Morgan fingerprint density at radius 1 is 1.20 bits per heavy atom. The normalized spacial score (nSPS) is 16.2. The highest BCUT2D eigenvalue weighted by Crippen LogP contribution is 2.27. The van der Waals surface area contributed by atoms with E-state index in [0.29, 0.717) is 24.5 Å². The van der Waals surface area contributed by atoms with Crippen molar-refractivity contribution in [1.82, 2.24) is 15.5 Å². The Morgan fingerprint density at radius 3 is 2.52 bits per heavy atom. The number of nitrogens with zero attached hydrogens (tertiary/aromatic N) is 1. The first-order chi connectivity index (χ1) is 11.9. The van der Waals surface area contributed by atoms with E-state index in [9.17, 15) is 14.4 Å². The van der Waals surface area contributed by atoms with Gasteiger partial charge in [0, 0.05) is 20.0 Å². The SMILES string of the molecule is COc1ccc(CCN(C)C(=O)CC[C@@H]2NC(=O)NC2=O)cc1OC. The number of rotatable bonds is 8. The molecule has 2 N–H and O–H groups in total. The zero-order valence-corrected chi connectivity index (χ0v) is 14.6. The van der Waals surface area contributed by atoms with Gasteiger partial charge in [0.25, 0.3) is 5.91 Å². The van der Waals surface area contributed by atoms with Crippen LogP contribution in [0, 0.1) is 0 Å². The van der Waals surface area contributed by atoms with Gasteiger partial charge >= 0.3 is 6.03 Å². The van der Waals surface area contributed by atoms with Crippen LogP contribution in [0.4, 0.5) is 4.79 Å². The van der Waals surface area contributed by atoms with Crippen LogP contribution in [0.15, 0.2) is 18.2 Å². The van der Waals surface area contributed by atoms with Crippen molar-refractivity contribution in [2.75, 3.05) is 27.8 Å². The molecular formula is C17H23N3O5. The van der Waals surface area contributed by atoms with E-state index in [-0.39, 0.29) is 24.7 Å². The first kappa shape index (κ1) is 18.6. The monoisotopic (exact) mass is 349 g/mol. The third-order valence-electron chi connectivity index (χ3n) is 4.12. The minimum absolute atomic E-state index is 0.0746. The van der Waals surface area contributed by atoms with Gasteiger partial charge < -0.3 is 19.7 Å². The summed E-state index contributed by atoms with van der Waals surface area (Å²) in [5.74, 6) is 0.852. The van der Waals surface area contributed by atoms with Gasteiger partial charge in [-0.05, 0) is 30.5 Å². The maximum Gasteiger partial charge on any atom is 0.322 e. The smallest absolute Gasteiger partial charge is 0.322 e. The summed E-state index contributed by atoms with van der Waals surface area (Å²) in [6.07, 6.45) is 1.15. The van der Waals surface area contributed by atoms with Crippen molar-refractivity contribution in [1.29, 1.82) is 0 Å². The average molecular weight is 349 g/mol. The Bertz CT molecular complexity index is 662. The number of urea groups is 1. The van der Waals surface area contributed by atoms with Crippen LogP contribution in [0.3, 0.4) is 0 Å². The van der Waals surface area contributed by atoms with Gasteiger partial charge in [-0.3, -0.25) is 14.9 Å². The van der Waals surface area contributed by atoms with E-state index in [1.165, 1.54) is 0 Å². The molecule has 1 heterocycles. The summed E-state index contributed by atoms with van der Waals surface area (Å²) in [7, 11) is 4.88. The molecule has 0 aromatic heterocycles. The van der Waals surface area contributed by atoms with E-state index in [1.54, 1.807) is 26.2 Å². The third-order valence-corrected chi connectivity index (χ3v) is 4.12. The van der Waals surface area contributed by atoms with Crippen LogP contribution in [0.25, 0.3) is 0 Å². The van der Waals surface area contributed by atoms with Crippen molar-refractivity contribution in [3.05, 3.63) is 23.8 Å². The summed E-state index contributed by atoms with van der Waals surface area (Å²) < 4.78 is 10.5. The van der Waals surface area contributed by atoms with E-state index >= 15 is 0 Å². The number of methoxy groups -OCH3 is 2. The number of hydrogen-bond donors (Lipinski definition) is 2. The van der Waals surface area contributed by atoms with E-state index < -0.39 is 12.1 Å². The molecule has 0 bridgehead atoms. The molecule has 1 aromatic rings. The minimum atomic E-state index is -0.629. The maximum atomic E-state index is 12.2. The second-order valence-corrected chi connectivity index (χ2v) is 5.81. The summed E-state index contributed by atoms with van der Waals surface area (Å²) in [6, 6.07) is 4.50. The quantitative estimate of drug-likeness (QED) is 0.673. The zero-order chi connectivity index (χ0) is 18.4. The molecular weight excluding hydrogens is 326 g/mol. The Balaban J connectivity index is 1.81. The second-order valence-electron chi connectivity index (χ2n) is 5.81. The van der Waals surface area contributed by atoms with E-state index in [0.717, 1.165) is 5.56 Å². The largest absolute Gasteiger partial charge is 0.493 e. The molecule has 136 valence electrons. The van der Waals surface area contributed by atoms with E-state index in [1.807, 2.05) is 18.2 Å². The number of benzene rings is 1. The van der Waals surface area contributed by atoms with Crippen LogP contribution in [-0.4, -0.2) is 56.6 Å². The van der Waals surface area contributed by atoms with Crippen molar-refractivity contribution in [2.45, 2.75) is 25.3 Å². The van der Waals surface area contributed by atoms with Gasteiger partial charge in [-0.15, -0.1) is 0 Å². The fraction of sp³-hybridized carbons (Fsp3) is 0.471. The van der Waals surface area contributed by atoms with E-state index in [2.05, 4.69) is 10.6 Å². The lowest BCUT2D eigenvalue weighted by molar-refractivity contribution is -0.130. The number of imide groups is 1. The van der Waals surface area contributed by atoms with Gasteiger partial charge in [-0.2, -0.15) is 0 Å². The van der Waals surface area contributed by atoms with Crippen LogP contribution in [-0.2, 0) is 16.0 Å². The molecule has 0 unspecified atom stereocenters. The highest BCUT2D eigenvalue weighted by Gasteiger charge is 2.29. The first-order valence-corrected chi connectivity index (χ1v) is 8.00. The molecule has 0 aliphatic carbocycles. The lowest BCUT2D eigenvalue weighted by atomic mass is 10.1. The fourth-order valence-corrected chi connectivity index (χ4v) is 2.58. The van der Waals surface area contributed by atoms with Gasteiger partial charge in [-0.1, -0.05) is 6.07 Å². The number of carbonyl (C=O) groups is 3. The van der Waals surface area contributed by atoms with Crippen LogP contribution in [0.1, 0.15) is 18.4 Å². The summed E-state index contributed by atoms with van der Waals surface area (Å²) in [6.45, 7) is 0.539. The van der Waals surface area contributed by atoms with Gasteiger partial charge in [0.1, 0.15) is 6.04 Å². The van der Waals surface area contributed by atoms with Gasteiger partial charge in [-0.25, -0.2) is 4.79 Å². The number of carbonyl (C=O) groups excluding carboxylic acids is 3. The van der Waals surface area contributed by atoms with Crippen molar-refractivity contribution in [3.8, 4) is 11.5 Å². The molecule has 8 nitrogen and oxygen atoms in total. The Hall–Kier alpha value is -2.77. The Kier molecular flexibility index (Phi) is 6.21. The van der Waals surface area contributed by atoms with Crippen LogP contribution in [0.5, 0.6) is 11.5 Å². The number of likely N-dealkylation sites (N-methyl/N-ethyl adjacent to an activating group) is 1. The van der Waals surface area contributed by atoms with Crippen molar-refractivity contribution in [3.63, 3.8) is 0 Å². The molecule has 1 aliphatic rings. The van der Waals surface area contributed by atoms with Gasteiger partial charge in [0.05, 0.1) is 14.2 Å². The van der Waals surface area contributed by atoms with Gasteiger partial charge in [0.2, 0.25) is 5.91 Å². The first-order valence-electron chi connectivity index (χ1n) is 8.00. The molecule has 1 aliphatic heterocycles. The van der Waals surface area contributed by atoms with Crippen molar-refractivity contribution >= 4 is 17.8 Å². The van der Waals surface area contributed by atoms with Crippen LogP contribution in [0.2, 0.25) is 0 Å². The lowest BCUT2D eigenvalue weighted by Crippen LogP contribution is -2.33. The molecule has 1 saturated heterocycles. The second kappa shape index (κ2) is 8.36. The number of nitrogens with one attached hydrogen (secondary N) is 2. The number of ether oxygens (including phenoxy) is 2. The fourth-order valence-electron chi connectivity index (χ4n) is 2.58. The van der Waals surface area contributed by atoms with Crippen LogP contribution >= 0.6 is 0 Å². The molecule has 0 spiro atoms. The molecule has 0 radical (unpaired) electrons. The average Bonchev–Trinajstić information content (AvgIpc) is 2.94. The Labute approximate surface area is 146 Å². The highest BCUT2D eigenvalue weighted by molar-refractivity contribution is 6.04. The molecule has 1 fully saturated rings. The number of amides is 4. The van der Waals surface area contributed by atoms with Crippen molar-refractivity contribution in [2.24, 2.45) is 0 Å². The van der Waals surface area contributed by atoms with E-state index in [4.69, 9.17) is 9.47 Å². The molecule has 25 heavy (non-hydrogen) atoms. The standard InChI is InChI=1S/C17H23N3O5/c1-20(15(21)7-5-12-16(22)19-17(23)18-12)9-8-11-4-6-13(24-2)14(10-11)25-3/h4,6,10,12H,5,7-9H2,1-3H3,(H2,18,19,22,23)/t12-/m0/s1. The van der Waals surface area contributed by atoms with Crippen LogP contribution < -0.4 is 20.1 Å². The highest BCUT2D eigenvalue weighted by atomic mass is 16.5.